The standard InChI is InChI=1S/C12H19N5/c1-8-6-9(2)17-10(7-13-12(3,4)5)15-16-11(17)14-8/h6,13H,7H2,1-5H3. The summed E-state index contributed by atoms with van der Waals surface area (Å²) in [6, 6.07) is 2.04. The third-order valence-electron chi connectivity index (χ3n) is 2.54. The van der Waals surface area contributed by atoms with Gasteiger partial charge in [0.05, 0.1) is 6.54 Å². The van der Waals surface area contributed by atoms with Crippen LogP contribution in [0.2, 0.25) is 0 Å². The van der Waals surface area contributed by atoms with Gasteiger partial charge in [-0.15, -0.1) is 10.2 Å². The Bertz CT molecular complexity index is 536. The number of hydrogen-bond acceptors (Lipinski definition) is 4. The molecule has 0 aliphatic heterocycles. The van der Waals surface area contributed by atoms with Gasteiger partial charge in [0.25, 0.3) is 5.78 Å². The molecule has 0 saturated heterocycles. The molecule has 2 aromatic rings. The molecule has 0 unspecified atom stereocenters. The Morgan fingerprint density at radius 3 is 2.59 bits per heavy atom. The average Bonchev–Trinajstić information content (AvgIpc) is 2.56. The predicted octanol–water partition coefficient (Wildman–Crippen LogP) is 1.63. The highest BCUT2D eigenvalue weighted by Gasteiger charge is 2.13. The summed E-state index contributed by atoms with van der Waals surface area (Å²) in [4.78, 5) is 4.36. The number of aryl methyl sites for hydroxylation is 2. The molecule has 92 valence electrons. The number of fused-ring (bicyclic) bond motifs is 1. The van der Waals surface area contributed by atoms with Crippen molar-refractivity contribution < 1.29 is 0 Å². The van der Waals surface area contributed by atoms with Gasteiger partial charge in [0, 0.05) is 16.9 Å². The van der Waals surface area contributed by atoms with E-state index in [9.17, 15) is 0 Å². The lowest BCUT2D eigenvalue weighted by Gasteiger charge is -2.19. The predicted molar refractivity (Wildman–Crippen MR) is 66.8 cm³/mol. The van der Waals surface area contributed by atoms with Crippen molar-refractivity contribution in [2.75, 3.05) is 0 Å². The summed E-state index contributed by atoms with van der Waals surface area (Å²) in [6.45, 7) is 11.1. The number of nitrogens with zero attached hydrogens (tertiary/aromatic N) is 4. The fourth-order valence-corrected chi connectivity index (χ4v) is 1.76. The summed E-state index contributed by atoms with van der Waals surface area (Å²) in [5.41, 5.74) is 2.15. The van der Waals surface area contributed by atoms with Gasteiger partial charge >= 0.3 is 0 Å². The molecule has 0 aliphatic carbocycles. The molecule has 1 N–H and O–H groups in total. The fraction of sp³-hybridized carbons (Fsp3) is 0.583. The van der Waals surface area contributed by atoms with Crippen molar-refractivity contribution in [3.63, 3.8) is 0 Å². The van der Waals surface area contributed by atoms with E-state index in [-0.39, 0.29) is 5.54 Å². The van der Waals surface area contributed by atoms with Crippen LogP contribution in [0.15, 0.2) is 6.07 Å². The van der Waals surface area contributed by atoms with Crippen LogP contribution in [-0.2, 0) is 6.54 Å². The highest BCUT2D eigenvalue weighted by Crippen LogP contribution is 2.09. The smallest absolute Gasteiger partial charge is 0.255 e. The summed E-state index contributed by atoms with van der Waals surface area (Å²) >= 11 is 0. The lowest BCUT2D eigenvalue weighted by molar-refractivity contribution is 0.416. The molecule has 0 amide bonds. The van der Waals surface area contributed by atoms with Crippen molar-refractivity contribution >= 4 is 5.78 Å². The van der Waals surface area contributed by atoms with Crippen molar-refractivity contribution in [2.45, 2.75) is 46.7 Å². The quantitative estimate of drug-likeness (QED) is 0.856. The molecule has 2 rings (SSSR count). The number of hydrogen-bond donors (Lipinski definition) is 1. The lowest BCUT2D eigenvalue weighted by Crippen LogP contribution is -2.35. The van der Waals surface area contributed by atoms with Crippen LogP contribution in [0, 0.1) is 13.8 Å². The van der Waals surface area contributed by atoms with E-state index in [1.807, 2.05) is 24.3 Å². The van der Waals surface area contributed by atoms with E-state index in [4.69, 9.17) is 0 Å². The van der Waals surface area contributed by atoms with Crippen LogP contribution >= 0.6 is 0 Å². The van der Waals surface area contributed by atoms with Crippen LogP contribution in [0.3, 0.4) is 0 Å². The zero-order valence-corrected chi connectivity index (χ0v) is 11.1. The molecule has 0 aliphatic rings. The molecule has 0 saturated carbocycles. The van der Waals surface area contributed by atoms with Gasteiger partial charge in [0.15, 0.2) is 5.82 Å². The minimum atomic E-state index is 0.0673. The first-order chi connectivity index (χ1) is 7.87. The number of rotatable bonds is 2. The topological polar surface area (TPSA) is 55.1 Å². The minimum absolute atomic E-state index is 0.0673. The minimum Gasteiger partial charge on any atom is -0.305 e. The molecule has 5 nitrogen and oxygen atoms in total. The van der Waals surface area contributed by atoms with E-state index in [1.54, 1.807) is 0 Å². The Hall–Kier alpha value is -1.49. The fourth-order valence-electron chi connectivity index (χ4n) is 1.76. The van der Waals surface area contributed by atoms with Crippen LogP contribution < -0.4 is 5.32 Å². The Labute approximate surface area is 101 Å². The van der Waals surface area contributed by atoms with Crippen LogP contribution in [-0.4, -0.2) is 25.1 Å². The first-order valence-corrected chi connectivity index (χ1v) is 5.80. The van der Waals surface area contributed by atoms with Gasteiger partial charge in [-0.1, -0.05) is 0 Å². The van der Waals surface area contributed by atoms with Crippen molar-refractivity contribution in [3.8, 4) is 0 Å². The molecule has 0 spiro atoms. The highest BCUT2D eigenvalue weighted by atomic mass is 15.3. The first kappa shape index (κ1) is 12.0. The van der Waals surface area contributed by atoms with Gasteiger partial charge in [0.2, 0.25) is 0 Å². The monoisotopic (exact) mass is 233 g/mol. The Balaban J connectivity index is 2.36. The molecule has 0 bridgehead atoms. The van der Waals surface area contributed by atoms with Gasteiger partial charge in [-0.25, -0.2) is 4.98 Å². The SMILES string of the molecule is Cc1cc(C)n2c(CNC(C)(C)C)nnc2n1. The van der Waals surface area contributed by atoms with Gasteiger partial charge in [-0.2, -0.15) is 0 Å². The number of aromatic nitrogens is 4. The van der Waals surface area contributed by atoms with Crippen molar-refractivity contribution in [3.05, 3.63) is 23.3 Å². The third-order valence-corrected chi connectivity index (χ3v) is 2.54. The highest BCUT2D eigenvalue weighted by molar-refractivity contribution is 5.32. The van der Waals surface area contributed by atoms with E-state index >= 15 is 0 Å². The number of nitrogens with one attached hydrogen (secondary N) is 1. The average molecular weight is 233 g/mol. The molecule has 2 heterocycles. The summed E-state index contributed by atoms with van der Waals surface area (Å²) in [6.07, 6.45) is 0. The van der Waals surface area contributed by atoms with Gasteiger partial charge < -0.3 is 5.32 Å². The van der Waals surface area contributed by atoms with E-state index in [1.165, 1.54) is 0 Å². The second-order valence-electron chi connectivity index (χ2n) is 5.39. The van der Waals surface area contributed by atoms with Gasteiger partial charge in [-0.3, -0.25) is 4.40 Å². The van der Waals surface area contributed by atoms with E-state index < -0.39 is 0 Å². The zero-order chi connectivity index (χ0) is 12.6. The van der Waals surface area contributed by atoms with Crippen LogP contribution in [0.1, 0.15) is 38.0 Å². The molecule has 0 radical (unpaired) electrons. The van der Waals surface area contributed by atoms with Crippen LogP contribution in [0.25, 0.3) is 5.78 Å². The second-order valence-corrected chi connectivity index (χ2v) is 5.39. The van der Waals surface area contributed by atoms with E-state index in [2.05, 4.69) is 41.3 Å². The van der Waals surface area contributed by atoms with Crippen molar-refractivity contribution in [2.24, 2.45) is 0 Å². The van der Waals surface area contributed by atoms with Crippen LogP contribution in [0.5, 0.6) is 0 Å². The van der Waals surface area contributed by atoms with Crippen molar-refractivity contribution in [1.82, 2.24) is 24.9 Å². The lowest BCUT2D eigenvalue weighted by atomic mass is 10.1. The van der Waals surface area contributed by atoms with Gasteiger partial charge in [0.1, 0.15) is 0 Å². The molecular weight excluding hydrogens is 214 g/mol. The molecular formula is C12H19N5. The normalized spacial score (nSPS) is 12.3. The van der Waals surface area contributed by atoms with E-state index in [0.29, 0.717) is 12.3 Å². The van der Waals surface area contributed by atoms with E-state index in [0.717, 1.165) is 17.2 Å². The maximum atomic E-state index is 4.36. The summed E-state index contributed by atoms with van der Waals surface area (Å²) in [5, 5.41) is 11.7. The maximum absolute atomic E-state index is 4.36. The summed E-state index contributed by atoms with van der Waals surface area (Å²) in [5.74, 6) is 1.58. The molecule has 0 aromatic carbocycles. The molecule has 17 heavy (non-hydrogen) atoms. The third kappa shape index (κ3) is 2.61. The zero-order valence-electron chi connectivity index (χ0n) is 11.1. The molecule has 0 fully saturated rings. The Morgan fingerprint density at radius 1 is 1.24 bits per heavy atom. The second kappa shape index (κ2) is 4.07. The Kier molecular flexibility index (Phi) is 2.87. The van der Waals surface area contributed by atoms with Crippen LogP contribution in [0.4, 0.5) is 0 Å². The summed E-state index contributed by atoms with van der Waals surface area (Å²) < 4.78 is 1.99. The van der Waals surface area contributed by atoms with Crippen molar-refractivity contribution in [1.29, 1.82) is 0 Å². The molecule has 0 atom stereocenters. The van der Waals surface area contributed by atoms with Gasteiger partial charge in [-0.05, 0) is 40.7 Å². The summed E-state index contributed by atoms with van der Waals surface area (Å²) in [7, 11) is 0. The molecule has 5 heteroatoms. The molecule has 2 aromatic heterocycles. The Morgan fingerprint density at radius 2 is 1.94 bits per heavy atom. The maximum Gasteiger partial charge on any atom is 0.255 e. The first-order valence-electron chi connectivity index (χ1n) is 5.80. The largest absolute Gasteiger partial charge is 0.305 e.